The highest BCUT2D eigenvalue weighted by Crippen LogP contribution is 2.46. The van der Waals surface area contributed by atoms with Gasteiger partial charge in [-0.3, -0.25) is 53.0 Å². The molecule has 3 aliphatic heterocycles. The smallest absolute Gasteiger partial charge is 0.343 e. The molecule has 4 aliphatic rings. The highest BCUT2D eigenvalue weighted by molar-refractivity contribution is 6.12. The molecule has 22 nitrogen and oxygen atoms in total. The fourth-order valence-electron chi connectivity index (χ4n) is 9.89. The number of hydrogen-bond acceptors (Lipinski definition) is 15. The average molecular weight is 1030 g/mol. The number of carbonyl (C=O) groups is 9. The summed E-state index contributed by atoms with van der Waals surface area (Å²) < 4.78 is 27.9. The van der Waals surface area contributed by atoms with Gasteiger partial charge in [-0.2, -0.15) is 0 Å². The molecule has 75 heavy (non-hydrogen) atoms. The third-order valence-corrected chi connectivity index (χ3v) is 13.9. The van der Waals surface area contributed by atoms with E-state index in [-0.39, 0.29) is 68.6 Å². The lowest BCUT2D eigenvalue weighted by Gasteiger charge is -2.31. The molecule has 0 bridgehead atoms. The van der Waals surface area contributed by atoms with Crippen molar-refractivity contribution in [2.24, 2.45) is 5.73 Å². The van der Waals surface area contributed by atoms with Crippen LogP contribution in [0.15, 0.2) is 59.4 Å². The van der Waals surface area contributed by atoms with Crippen LogP contribution < -0.4 is 32.6 Å². The van der Waals surface area contributed by atoms with Gasteiger partial charge in [-0.15, -0.1) is 0 Å². The number of cyclic esters (lactones) is 1. The monoisotopic (exact) mass is 1030 g/mol. The molecule has 3 atom stereocenters. The van der Waals surface area contributed by atoms with E-state index in [1.165, 1.54) is 22.8 Å². The molecule has 1 aliphatic carbocycles. The fourth-order valence-corrected chi connectivity index (χ4v) is 9.89. The van der Waals surface area contributed by atoms with Crippen LogP contribution in [0.3, 0.4) is 0 Å². The Morgan fingerprint density at radius 1 is 0.947 bits per heavy atom. The Morgan fingerprint density at radius 2 is 1.69 bits per heavy atom. The van der Waals surface area contributed by atoms with Crippen molar-refractivity contribution in [3.8, 4) is 11.4 Å². The van der Waals surface area contributed by atoms with Crippen LogP contribution in [0.1, 0.15) is 90.4 Å². The van der Waals surface area contributed by atoms with Crippen LogP contribution >= 0.6 is 0 Å². The number of amides is 8. The van der Waals surface area contributed by atoms with Gasteiger partial charge in [0.1, 0.15) is 31.8 Å². The first-order chi connectivity index (χ1) is 35.9. The average Bonchev–Trinajstić information content (AvgIpc) is 3.94. The van der Waals surface area contributed by atoms with Gasteiger partial charge in [-0.05, 0) is 67.3 Å². The lowest BCUT2D eigenvalue weighted by Crippen LogP contribution is -2.53. The van der Waals surface area contributed by atoms with Crippen LogP contribution in [-0.4, -0.2) is 123 Å². The molecular formula is C52H56FN9O13. The van der Waals surface area contributed by atoms with E-state index in [0.29, 0.717) is 70.3 Å². The first-order valence-corrected chi connectivity index (χ1v) is 24.6. The van der Waals surface area contributed by atoms with E-state index in [1.54, 1.807) is 50.2 Å². The van der Waals surface area contributed by atoms with E-state index in [0.717, 1.165) is 9.80 Å². The third kappa shape index (κ3) is 11.1. The first-order valence-electron chi connectivity index (χ1n) is 24.6. The van der Waals surface area contributed by atoms with E-state index in [9.17, 15) is 53.1 Å². The second-order valence-corrected chi connectivity index (χ2v) is 18.6. The van der Waals surface area contributed by atoms with Gasteiger partial charge in [-0.1, -0.05) is 43.7 Å². The molecule has 2 aromatic carbocycles. The highest BCUT2D eigenvalue weighted by Gasteiger charge is 2.46. The lowest BCUT2D eigenvalue weighted by molar-refractivity contribution is -0.172. The quantitative estimate of drug-likeness (QED) is 0.0250. The minimum Gasteiger partial charge on any atom is -0.458 e. The van der Waals surface area contributed by atoms with Crippen LogP contribution in [0.2, 0.25) is 0 Å². The SMILES string of the molecule is CC[C@@]1(O)C(=O)OCc2c1cc1n(c2=O)Cc2c-1nc1cc(F)c(C)c3c1c2[C@@H](NC(=O)COCN(C(=O)CCCCCN1C(=O)C=CC1=O)C(=O)CNC(=O)C(Cc1ccccc1)NC(=O)CNC(=O)CN)CC3. The third-order valence-electron chi connectivity index (χ3n) is 13.9. The van der Waals surface area contributed by atoms with Gasteiger partial charge in [0.15, 0.2) is 5.60 Å². The number of nitrogens with zero attached hydrogens (tertiary/aromatic N) is 4. The largest absolute Gasteiger partial charge is 0.458 e. The number of ether oxygens (including phenoxy) is 2. The molecule has 1 unspecified atom stereocenters. The number of halogens is 1. The van der Waals surface area contributed by atoms with Crippen molar-refractivity contribution in [3.05, 3.63) is 110 Å². The maximum absolute atomic E-state index is 15.5. The Bertz CT molecular complexity index is 3110. The Hall–Kier alpha value is -8.02. The topological polar surface area (TPSA) is 308 Å². The van der Waals surface area contributed by atoms with Crippen LogP contribution in [0.25, 0.3) is 22.3 Å². The van der Waals surface area contributed by atoms with Crippen LogP contribution in [0.5, 0.6) is 0 Å². The molecule has 0 spiro atoms. The minimum atomic E-state index is -2.09. The number of esters is 1. The van der Waals surface area contributed by atoms with Crippen molar-refractivity contribution >= 4 is 64.1 Å². The number of imide groups is 2. The summed E-state index contributed by atoms with van der Waals surface area (Å²) in [4.78, 5) is 137. The molecule has 394 valence electrons. The lowest BCUT2D eigenvalue weighted by atomic mass is 9.81. The minimum absolute atomic E-state index is 0.000102. The molecule has 0 fully saturated rings. The van der Waals surface area contributed by atoms with E-state index < -0.39 is 109 Å². The number of aromatic nitrogens is 2. The molecule has 8 rings (SSSR count). The summed E-state index contributed by atoms with van der Waals surface area (Å²) in [7, 11) is 0. The number of unbranched alkanes of at least 4 members (excludes halogenated alkanes) is 2. The molecular weight excluding hydrogens is 978 g/mol. The molecule has 4 aromatic rings. The predicted molar refractivity (Wildman–Crippen MR) is 263 cm³/mol. The van der Waals surface area contributed by atoms with Crippen molar-refractivity contribution in [3.63, 3.8) is 0 Å². The molecule has 5 heterocycles. The highest BCUT2D eigenvalue weighted by atomic mass is 19.1. The van der Waals surface area contributed by atoms with Crippen molar-refractivity contribution in [1.82, 2.24) is 40.6 Å². The number of aliphatic hydroxyl groups is 1. The van der Waals surface area contributed by atoms with Crippen molar-refractivity contribution in [2.75, 3.05) is 39.5 Å². The van der Waals surface area contributed by atoms with Gasteiger partial charge in [0.25, 0.3) is 17.4 Å². The van der Waals surface area contributed by atoms with Gasteiger partial charge in [-0.25, -0.2) is 14.2 Å². The maximum Gasteiger partial charge on any atom is 0.343 e. The zero-order chi connectivity index (χ0) is 53.7. The number of benzene rings is 2. The van der Waals surface area contributed by atoms with Crippen molar-refractivity contribution < 1.29 is 62.1 Å². The Balaban J connectivity index is 0.981. The molecule has 0 saturated heterocycles. The summed E-state index contributed by atoms with van der Waals surface area (Å²) in [6.07, 6.45) is 3.67. The Labute approximate surface area is 428 Å². The standard InChI is InChI=1S/C52H56FN9O13/c1-3-52(73)33-19-38-48-31(24-61(38)50(71)32(33)25-75-51(52)72)47-35(14-13-30-28(2)34(53)20-36(59-48)46(30)47)57-41(65)26-74-27-62(42(66)12-8-5-9-17-60-43(67)15-16-44(60)68)45(69)23-56-49(70)37(18-29-10-6-4-7-11-29)58-40(64)22-55-39(63)21-54/h4,6-7,10-11,15-16,19-20,35,37,73H,3,5,8-9,12-14,17-18,21-27,54H2,1-2H3,(H,55,63)(H,56,70)(H,57,65)(H,58,64)/t35-,37?,52-/m0/s1. The summed E-state index contributed by atoms with van der Waals surface area (Å²) in [5.74, 6) is -6.69. The zero-order valence-electron chi connectivity index (χ0n) is 41.3. The van der Waals surface area contributed by atoms with Gasteiger partial charge in [0.2, 0.25) is 35.4 Å². The zero-order valence-corrected chi connectivity index (χ0v) is 41.3. The molecule has 23 heteroatoms. The number of pyridine rings is 2. The predicted octanol–water partition coefficient (Wildman–Crippen LogP) is 0.364. The van der Waals surface area contributed by atoms with Gasteiger partial charge >= 0.3 is 5.97 Å². The first kappa shape index (κ1) is 53.3. The van der Waals surface area contributed by atoms with Crippen LogP contribution in [0, 0.1) is 12.7 Å². The van der Waals surface area contributed by atoms with Gasteiger partial charge < -0.3 is 46.1 Å². The maximum atomic E-state index is 15.5. The molecule has 0 saturated carbocycles. The van der Waals surface area contributed by atoms with Gasteiger partial charge in [0, 0.05) is 54.1 Å². The molecule has 0 radical (unpaired) electrons. The second kappa shape index (κ2) is 22.6. The van der Waals surface area contributed by atoms with Gasteiger partial charge in [0.05, 0.1) is 54.7 Å². The van der Waals surface area contributed by atoms with Crippen LogP contribution in [-0.2, 0) is 84.2 Å². The second-order valence-electron chi connectivity index (χ2n) is 18.6. The number of aryl methyl sites for hydroxylation is 1. The molecule has 7 N–H and O–H groups in total. The summed E-state index contributed by atoms with van der Waals surface area (Å²) in [5.41, 5.74) is 6.69. The van der Waals surface area contributed by atoms with Crippen molar-refractivity contribution in [1.29, 1.82) is 0 Å². The van der Waals surface area contributed by atoms with Crippen LogP contribution in [0.4, 0.5) is 4.39 Å². The number of fused-ring (bicyclic) bond motifs is 5. The number of nitrogens with two attached hydrogens (primary N) is 1. The number of rotatable bonds is 21. The number of carbonyl (C=O) groups excluding carboxylic acids is 9. The number of hydrogen-bond donors (Lipinski definition) is 6. The summed E-state index contributed by atoms with van der Waals surface area (Å²) in [5, 5.41) is 22.3. The van der Waals surface area contributed by atoms with E-state index in [4.69, 9.17) is 20.2 Å². The molecule has 8 amide bonds. The number of nitrogens with one attached hydrogen (secondary N) is 4. The van der Waals surface area contributed by atoms with E-state index >= 15 is 4.39 Å². The fraction of sp³-hybridized carbons (Fsp3) is 0.404. The summed E-state index contributed by atoms with van der Waals surface area (Å²) >= 11 is 0. The van der Waals surface area contributed by atoms with E-state index in [1.807, 2.05) is 0 Å². The van der Waals surface area contributed by atoms with E-state index in [2.05, 4.69) is 21.3 Å². The molecule has 2 aromatic heterocycles. The Morgan fingerprint density at radius 3 is 2.41 bits per heavy atom. The normalized spacial score (nSPS) is 17.4. The van der Waals surface area contributed by atoms with Crippen molar-refractivity contribution in [2.45, 2.75) is 96.1 Å². The Kier molecular flexibility index (Phi) is 16.1. The summed E-state index contributed by atoms with van der Waals surface area (Å²) in [6, 6.07) is 9.54. The summed E-state index contributed by atoms with van der Waals surface area (Å²) in [6.45, 7) is 0.0335.